The van der Waals surface area contributed by atoms with Gasteiger partial charge in [0.15, 0.2) is 5.78 Å². The van der Waals surface area contributed by atoms with Gasteiger partial charge in [0.25, 0.3) is 0 Å². The van der Waals surface area contributed by atoms with Crippen LogP contribution in [-0.4, -0.2) is 11.8 Å². The Hall–Kier alpha value is -1.15. The summed E-state index contributed by atoms with van der Waals surface area (Å²) in [5, 5.41) is 0. The highest BCUT2D eigenvalue weighted by Crippen LogP contribution is 2.22. The van der Waals surface area contributed by atoms with Crippen LogP contribution in [0.3, 0.4) is 0 Å². The van der Waals surface area contributed by atoms with Crippen LogP contribution in [0.5, 0.6) is 0 Å². The molecule has 0 bridgehead atoms. The third kappa shape index (κ3) is 4.26. The minimum Gasteiger partial charge on any atom is -0.327 e. The van der Waals surface area contributed by atoms with Crippen molar-refractivity contribution in [1.29, 1.82) is 0 Å². The fourth-order valence-corrected chi connectivity index (χ4v) is 1.98. The number of Topliss-reactive ketones (excluding diaryl/α,β-unsaturated/α-hetero) is 1. The SMILES string of the molecule is CCCC(N)CC(=O)c1ccc(C(C)(C)C)cc1. The zero-order valence-electron chi connectivity index (χ0n) is 12.0. The minimum atomic E-state index is -0.00945. The van der Waals surface area contributed by atoms with E-state index in [0.29, 0.717) is 6.42 Å². The van der Waals surface area contributed by atoms with Crippen LogP contribution in [0.1, 0.15) is 62.9 Å². The first-order chi connectivity index (χ1) is 8.34. The second-order valence-corrected chi connectivity index (χ2v) is 6.00. The van der Waals surface area contributed by atoms with Crippen LogP contribution in [0, 0.1) is 0 Å². The van der Waals surface area contributed by atoms with E-state index in [-0.39, 0.29) is 17.2 Å². The Labute approximate surface area is 111 Å². The van der Waals surface area contributed by atoms with Crippen LogP contribution in [0.15, 0.2) is 24.3 Å². The maximum atomic E-state index is 12.0. The average Bonchev–Trinajstić information content (AvgIpc) is 2.28. The molecule has 0 aliphatic carbocycles. The van der Waals surface area contributed by atoms with Crippen molar-refractivity contribution in [1.82, 2.24) is 0 Å². The van der Waals surface area contributed by atoms with Gasteiger partial charge >= 0.3 is 0 Å². The number of rotatable bonds is 5. The van der Waals surface area contributed by atoms with Crippen molar-refractivity contribution in [3.8, 4) is 0 Å². The van der Waals surface area contributed by atoms with E-state index < -0.39 is 0 Å². The Morgan fingerprint density at radius 2 is 1.78 bits per heavy atom. The smallest absolute Gasteiger partial charge is 0.164 e. The molecule has 0 saturated carbocycles. The van der Waals surface area contributed by atoms with Gasteiger partial charge in [-0.25, -0.2) is 0 Å². The lowest BCUT2D eigenvalue weighted by Gasteiger charge is -2.19. The summed E-state index contributed by atoms with van der Waals surface area (Å²) in [5.74, 6) is 0.149. The minimum absolute atomic E-state index is 0.00945. The van der Waals surface area contributed by atoms with E-state index in [2.05, 4.69) is 27.7 Å². The Balaban J connectivity index is 2.71. The topological polar surface area (TPSA) is 43.1 Å². The summed E-state index contributed by atoms with van der Waals surface area (Å²) in [6.07, 6.45) is 2.38. The van der Waals surface area contributed by atoms with Crippen molar-refractivity contribution in [3.05, 3.63) is 35.4 Å². The Morgan fingerprint density at radius 1 is 1.22 bits per heavy atom. The Bertz CT molecular complexity index is 387. The molecular weight excluding hydrogens is 222 g/mol. The van der Waals surface area contributed by atoms with Gasteiger partial charge in [-0.3, -0.25) is 4.79 Å². The number of ketones is 1. The normalized spacial score (nSPS) is 13.4. The summed E-state index contributed by atoms with van der Waals surface area (Å²) in [4.78, 5) is 12.0. The summed E-state index contributed by atoms with van der Waals surface area (Å²) in [6.45, 7) is 8.59. The summed E-state index contributed by atoms with van der Waals surface area (Å²) in [5.41, 5.74) is 8.05. The van der Waals surface area contributed by atoms with Crippen LogP contribution >= 0.6 is 0 Å². The molecule has 0 spiro atoms. The molecule has 1 unspecified atom stereocenters. The van der Waals surface area contributed by atoms with Crippen LogP contribution in [0.4, 0.5) is 0 Å². The third-order valence-electron chi connectivity index (χ3n) is 3.18. The fraction of sp³-hybridized carbons (Fsp3) is 0.562. The standard InChI is InChI=1S/C16H25NO/c1-5-6-14(17)11-15(18)12-7-9-13(10-8-12)16(2,3)4/h7-10,14H,5-6,11,17H2,1-4H3. The van der Waals surface area contributed by atoms with Crippen molar-refractivity contribution in [2.75, 3.05) is 0 Å². The molecule has 0 aliphatic heterocycles. The molecule has 100 valence electrons. The zero-order valence-corrected chi connectivity index (χ0v) is 12.0. The molecule has 0 aromatic heterocycles. The molecule has 0 saturated heterocycles. The lowest BCUT2D eigenvalue weighted by molar-refractivity contribution is 0.0973. The highest BCUT2D eigenvalue weighted by molar-refractivity contribution is 5.96. The Morgan fingerprint density at radius 3 is 2.22 bits per heavy atom. The second-order valence-electron chi connectivity index (χ2n) is 6.00. The summed E-state index contributed by atoms with van der Waals surface area (Å²) in [6, 6.07) is 7.91. The molecule has 0 aliphatic rings. The van der Waals surface area contributed by atoms with E-state index in [4.69, 9.17) is 5.73 Å². The molecule has 0 fully saturated rings. The van der Waals surface area contributed by atoms with Gasteiger partial charge in [0, 0.05) is 18.0 Å². The van der Waals surface area contributed by atoms with Crippen LogP contribution < -0.4 is 5.73 Å². The predicted molar refractivity (Wildman–Crippen MR) is 77.0 cm³/mol. The van der Waals surface area contributed by atoms with Gasteiger partial charge in [-0.2, -0.15) is 0 Å². The van der Waals surface area contributed by atoms with E-state index >= 15 is 0 Å². The van der Waals surface area contributed by atoms with Crippen LogP contribution in [0.25, 0.3) is 0 Å². The van der Waals surface area contributed by atoms with E-state index in [1.54, 1.807) is 0 Å². The monoisotopic (exact) mass is 247 g/mol. The number of carbonyl (C=O) groups is 1. The maximum Gasteiger partial charge on any atom is 0.164 e. The highest BCUT2D eigenvalue weighted by Gasteiger charge is 2.15. The van der Waals surface area contributed by atoms with E-state index in [1.807, 2.05) is 24.3 Å². The van der Waals surface area contributed by atoms with Gasteiger partial charge in [0.1, 0.15) is 0 Å². The molecule has 0 radical (unpaired) electrons. The second kappa shape index (κ2) is 6.14. The van der Waals surface area contributed by atoms with Crippen molar-refractivity contribution < 1.29 is 4.79 Å². The van der Waals surface area contributed by atoms with E-state index in [9.17, 15) is 4.79 Å². The molecule has 0 amide bonds. The number of hydrogen-bond acceptors (Lipinski definition) is 2. The largest absolute Gasteiger partial charge is 0.327 e. The lowest BCUT2D eigenvalue weighted by atomic mass is 9.86. The highest BCUT2D eigenvalue weighted by atomic mass is 16.1. The molecule has 2 heteroatoms. The molecule has 0 heterocycles. The van der Waals surface area contributed by atoms with Gasteiger partial charge in [-0.1, -0.05) is 58.4 Å². The maximum absolute atomic E-state index is 12.0. The molecule has 1 aromatic rings. The van der Waals surface area contributed by atoms with Crippen molar-refractivity contribution in [2.24, 2.45) is 5.73 Å². The quantitative estimate of drug-likeness (QED) is 0.806. The first-order valence-electron chi connectivity index (χ1n) is 6.74. The van der Waals surface area contributed by atoms with Crippen LogP contribution in [0.2, 0.25) is 0 Å². The van der Waals surface area contributed by atoms with Crippen LogP contribution in [-0.2, 0) is 5.41 Å². The number of benzene rings is 1. The van der Waals surface area contributed by atoms with Gasteiger partial charge in [0.05, 0.1) is 0 Å². The van der Waals surface area contributed by atoms with Crippen molar-refractivity contribution in [2.45, 2.75) is 58.4 Å². The van der Waals surface area contributed by atoms with Gasteiger partial charge in [-0.15, -0.1) is 0 Å². The fourth-order valence-electron chi connectivity index (χ4n) is 1.98. The van der Waals surface area contributed by atoms with E-state index in [0.717, 1.165) is 18.4 Å². The molecule has 1 aromatic carbocycles. The predicted octanol–water partition coefficient (Wildman–Crippen LogP) is 3.68. The van der Waals surface area contributed by atoms with Crippen molar-refractivity contribution in [3.63, 3.8) is 0 Å². The molecular formula is C16H25NO. The van der Waals surface area contributed by atoms with Gasteiger partial charge < -0.3 is 5.73 Å². The molecule has 2 nitrogen and oxygen atoms in total. The summed E-state index contributed by atoms with van der Waals surface area (Å²) in [7, 11) is 0. The molecule has 1 atom stereocenters. The zero-order chi connectivity index (χ0) is 13.8. The molecule has 2 N–H and O–H groups in total. The van der Waals surface area contributed by atoms with Crippen molar-refractivity contribution >= 4 is 5.78 Å². The van der Waals surface area contributed by atoms with Gasteiger partial charge in [0.2, 0.25) is 0 Å². The first-order valence-corrected chi connectivity index (χ1v) is 6.74. The third-order valence-corrected chi connectivity index (χ3v) is 3.18. The number of nitrogens with two attached hydrogens (primary N) is 1. The molecule has 18 heavy (non-hydrogen) atoms. The average molecular weight is 247 g/mol. The first kappa shape index (κ1) is 14.9. The number of carbonyl (C=O) groups excluding carboxylic acids is 1. The summed E-state index contributed by atoms with van der Waals surface area (Å²) < 4.78 is 0. The number of hydrogen-bond donors (Lipinski definition) is 1. The van der Waals surface area contributed by atoms with E-state index in [1.165, 1.54) is 5.56 Å². The summed E-state index contributed by atoms with van der Waals surface area (Å²) >= 11 is 0. The van der Waals surface area contributed by atoms with Gasteiger partial charge in [-0.05, 0) is 17.4 Å². The lowest BCUT2D eigenvalue weighted by Crippen LogP contribution is -2.23. The molecule has 1 rings (SSSR count). The Kier molecular flexibility index (Phi) is 5.09.